The molecule has 0 fully saturated rings. The van der Waals surface area contributed by atoms with Crippen molar-refractivity contribution >= 4 is 21.6 Å². The summed E-state index contributed by atoms with van der Waals surface area (Å²) in [4.78, 5) is 15.3. The van der Waals surface area contributed by atoms with E-state index in [0.29, 0.717) is 11.3 Å². The number of hydrogen-bond donors (Lipinski definition) is 1. The van der Waals surface area contributed by atoms with Crippen molar-refractivity contribution in [2.24, 2.45) is 0 Å². The first-order valence-electron chi connectivity index (χ1n) is 8.11. The number of aromatic nitrogens is 1. The van der Waals surface area contributed by atoms with Gasteiger partial charge in [0, 0.05) is 45.2 Å². The Bertz CT molecular complexity index is 854. The fraction of sp³-hybridized carbons (Fsp3) is 0.333. The number of sulfonamides is 1. The molecule has 0 saturated heterocycles. The molecule has 0 spiro atoms. The quantitative estimate of drug-likeness (QED) is 0.762. The number of amides is 1. The number of aryl methyl sites for hydroxylation is 1. The number of benzene rings is 1. The Morgan fingerprint density at radius 2 is 1.92 bits per heavy atom. The van der Waals surface area contributed by atoms with Crippen LogP contribution in [-0.4, -0.2) is 43.9 Å². The van der Waals surface area contributed by atoms with Gasteiger partial charge in [0.1, 0.15) is 0 Å². The van der Waals surface area contributed by atoms with Gasteiger partial charge in [-0.15, -0.1) is 0 Å². The molecule has 8 heteroatoms. The molecular weight excluding hydrogens is 354 g/mol. The van der Waals surface area contributed by atoms with Crippen LogP contribution < -0.4 is 5.32 Å². The van der Waals surface area contributed by atoms with Crippen molar-refractivity contribution in [3.05, 3.63) is 53.9 Å². The zero-order valence-corrected chi connectivity index (χ0v) is 15.9. The predicted molar refractivity (Wildman–Crippen MR) is 99.2 cm³/mol. The molecule has 7 nitrogen and oxygen atoms in total. The molecule has 140 valence electrons. The fourth-order valence-corrected chi connectivity index (χ4v) is 4.15. The van der Waals surface area contributed by atoms with Crippen LogP contribution in [0.15, 0.2) is 47.6 Å². The van der Waals surface area contributed by atoms with E-state index in [4.69, 9.17) is 4.74 Å². The number of rotatable bonds is 8. The summed E-state index contributed by atoms with van der Waals surface area (Å²) in [5, 5.41) is 2.65. The summed E-state index contributed by atoms with van der Waals surface area (Å²) in [6, 6.07) is 8.31. The van der Waals surface area contributed by atoms with Gasteiger partial charge in [-0.05, 0) is 48.4 Å². The third-order valence-electron chi connectivity index (χ3n) is 3.77. The van der Waals surface area contributed by atoms with Crippen LogP contribution in [0.1, 0.15) is 18.1 Å². The van der Waals surface area contributed by atoms with Gasteiger partial charge in [-0.3, -0.25) is 9.78 Å². The predicted octanol–water partition coefficient (Wildman–Crippen LogP) is 2.19. The summed E-state index contributed by atoms with van der Waals surface area (Å²) >= 11 is 0. The summed E-state index contributed by atoms with van der Waals surface area (Å²) < 4.78 is 32.8. The van der Waals surface area contributed by atoms with Crippen molar-refractivity contribution in [3.63, 3.8) is 0 Å². The van der Waals surface area contributed by atoms with Crippen molar-refractivity contribution in [1.82, 2.24) is 9.29 Å². The number of anilines is 1. The molecule has 1 N–H and O–H groups in total. The van der Waals surface area contributed by atoms with Crippen molar-refractivity contribution in [2.75, 3.05) is 25.6 Å². The van der Waals surface area contributed by atoms with Gasteiger partial charge < -0.3 is 10.1 Å². The number of pyridine rings is 1. The SMILES string of the molecule is COCCN(Cc1ccncc1)S(=O)(=O)c1ccc(NC(C)=O)cc1C. The molecule has 2 aromatic rings. The first-order chi connectivity index (χ1) is 12.3. The monoisotopic (exact) mass is 377 g/mol. The van der Waals surface area contributed by atoms with E-state index in [1.165, 1.54) is 24.4 Å². The van der Waals surface area contributed by atoms with Crippen molar-refractivity contribution < 1.29 is 17.9 Å². The van der Waals surface area contributed by atoms with Gasteiger partial charge in [0.15, 0.2) is 0 Å². The van der Waals surface area contributed by atoms with E-state index in [1.807, 2.05) is 0 Å². The number of carbonyl (C=O) groups is 1. The summed E-state index contributed by atoms with van der Waals surface area (Å²) in [7, 11) is -2.19. The number of hydrogen-bond acceptors (Lipinski definition) is 5. The molecular formula is C18H23N3O4S. The first kappa shape index (κ1) is 20.0. The number of nitrogens with zero attached hydrogens (tertiary/aromatic N) is 2. The highest BCUT2D eigenvalue weighted by Crippen LogP contribution is 2.24. The molecule has 1 aromatic heterocycles. The maximum Gasteiger partial charge on any atom is 0.243 e. The van der Waals surface area contributed by atoms with E-state index < -0.39 is 10.0 Å². The normalized spacial score (nSPS) is 11.5. The second kappa shape index (κ2) is 8.88. The van der Waals surface area contributed by atoms with Crippen LogP contribution in [0.5, 0.6) is 0 Å². The Kier molecular flexibility index (Phi) is 6.84. The third-order valence-corrected chi connectivity index (χ3v) is 5.77. The lowest BCUT2D eigenvalue weighted by Gasteiger charge is -2.23. The van der Waals surface area contributed by atoms with Crippen LogP contribution in [0.25, 0.3) is 0 Å². The second-order valence-electron chi connectivity index (χ2n) is 5.85. The van der Waals surface area contributed by atoms with Crippen molar-refractivity contribution in [1.29, 1.82) is 0 Å². The van der Waals surface area contributed by atoms with Gasteiger partial charge in [0.25, 0.3) is 0 Å². The van der Waals surface area contributed by atoms with Gasteiger partial charge in [-0.25, -0.2) is 8.42 Å². The average Bonchev–Trinajstić information content (AvgIpc) is 2.58. The largest absolute Gasteiger partial charge is 0.383 e. The fourth-order valence-electron chi connectivity index (χ4n) is 2.53. The molecule has 0 aliphatic rings. The van der Waals surface area contributed by atoms with E-state index >= 15 is 0 Å². The van der Waals surface area contributed by atoms with Crippen LogP contribution >= 0.6 is 0 Å². The molecule has 0 bridgehead atoms. The van der Waals surface area contributed by atoms with Crippen LogP contribution in [0, 0.1) is 6.92 Å². The molecule has 26 heavy (non-hydrogen) atoms. The molecule has 0 saturated carbocycles. The highest BCUT2D eigenvalue weighted by Gasteiger charge is 2.26. The molecule has 0 aliphatic heterocycles. The standard InChI is InChI=1S/C18H23N3O4S/c1-14-12-17(20-15(2)22)4-5-18(14)26(23,24)21(10-11-25-3)13-16-6-8-19-9-7-16/h4-9,12H,10-11,13H2,1-3H3,(H,20,22). The topological polar surface area (TPSA) is 88.6 Å². The maximum absolute atomic E-state index is 13.2. The lowest BCUT2D eigenvalue weighted by atomic mass is 10.2. The molecule has 0 aliphatic carbocycles. The minimum atomic E-state index is -3.73. The minimum Gasteiger partial charge on any atom is -0.383 e. The molecule has 0 atom stereocenters. The molecule has 1 amide bonds. The summed E-state index contributed by atoms with van der Waals surface area (Å²) in [6.07, 6.45) is 3.26. The zero-order valence-electron chi connectivity index (χ0n) is 15.1. The van der Waals surface area contributed by atoms with Crippen molar-refractivity contribution in [3.8, 4) is 0 Å². The molecule has 2 rings (SSSR count). The van der Waals surface area contributed by atoms with E-state index in [9.17, 15) is 13.2 Å². The van der Waals surface area contributed by atoms with Crippen LogP contribution in [0.4, 0.5) is 5.69 Å². The molecule has 1 heterocycles. The van der Waals surface area contributed by atoms with Gasteiger partial charge in [0.05, 0.1) is 11.5 Å². The molecule has 0 unspecified atom stereocenters. The van der Waals surface area contributed by atoms with Gasteiger partial charge in [-0.2, -0.15) is 4.31 Å². The minimum absolute atomic E-state index is 0.205. The Labute approximate surface area is 154 Å². The summed E-state index contributed by atoms with van der Waals surface area (Å²) in [5.74, 6) is -0.209. The van der Waals surface area contributed by atoms with E-state index in [-0.39, 0.29) is 30.5 Å². The third kappa shape index (κ3) is 5.10. The average molecular weight is 377 g/mol. The zero-order chi connectivity index (χ0) is 19.2. The van der Waals surface area contributed by atoms with Gasteiger partial charge >= 0.3 is 0 Å². The van der Waals surface area contributed by atoms with E-state index in [1.54, 1.807) is 43.6 Å². The first-order valence-corrected chi connectivity index (χ1v) is 9.55. The van der Waals surface area contributed by atoms with Gasteiger partial charge in [-0.1, -0.05) is 0 Å². The number of nitrogens with one attached hydrogen (secondary N) is 1. The van der Waals surface area contributed by atoms with Crippen molar-refractivity contribution in [2.45, 2.75) is 25.3 Å². The number of carbonyl (C=O) groups excluding carboxylic acids is 1. The smallest absolute Gasteiger partial charge is 0.243 e. The Morgan fingerprint density at radius 1 is 1.23 bits per heavy atom. The van der Waals surface area contributed by atoms with E-state index in [0.717, 1.165) is 5.56 Å². The lowest BCUT2D eigenvalue weighted by molar-refractivity contribution is -0.114. The van der Waals surface area contributed by atoms with Crippen LogP contribution in [-0.2, 0) is 26.1 Å². The summed E-state index contributed by atoms with van der Waals surface area (Å²) in [5.41, 5.74) is 1.96. The van der Waals surface area contributed by atoms with E-state index in [2.05, 4.69) is 10.3 Å². The van der Waals surface area contributed by atoms with Crippen LogP contribution in [0.3, 0.4) is 0 Å². The van der Waals surface area contributed by atoms with Crippen LogP contribution in [0.2, 0.25) is 0 Å². The highest BCUT2D eigenvalue weighted by molar-refractivity contribution is 7.89. The maximum atomic E-state index is 13.2. The van der Waals surface area contributed by atoms with Gasteiger partial charge in [0.2, 0.25) is 15.9 Å². The second-order valence-corrected chi connectivity index (χ2v) is 7.75. The molecule has 0 radical (unpaired) electrons. The number of ether oxygens (including phenoxy) is 1. The Hall–Kier alpha value is -2.29. The Morgan fingerprint density at radius 3 is 2.50 bits per heavy atom. The Balaban J connectivity index is 2.34. The molecule has 1 aromatic carbocycles. The number of methoxy groups -OCH3 is 1. The lowest BCUT2D eigenvalue weighted by Crippen LogP contribution is -2.34. The summed E-state index contributed by atoms with van der Waals surface area (Å²) in [6.45, 7) is 3.85. The highest BCUT2D eigenvalue weighted by atomic mass is 32.2.